The quantitative estimate of drug-likeness (QED) is 0.567. The Morgan fingerprint density at radius 1 is 1.00 bits per heavy atom. The zero-order chi connectivity index (χ0) is 24.7. The van der Waals surface area contributed by atoms with Crippen molar-refractivity contribution in [1.29, 1.82) is 0 Å². The molecule has 7 nitrogen and oxygen atoms in total. The Hall–Kier alpha value is -2.41. The van der Waals surface area contributed by atoms with Gasteiger partial charge in [-0.05, 0) is 102 Å². The molecule has 7 heteroatoms. The molecule has 2 N–H and O–H groups in total. The van der Waals surface area contributed by atoms with Crippen LogP contribution in [0.5, 0.6) is 0 Å². The normalized spacial score (nSPS) is 27.3. The Kier molecular flexibility index (Phi) is 6.64. The highest BCUT2D eigenvalue weighted by molar-refractivity contribution is 5.95. The van der Waals surface area contributed by atoms with E-state index in [0.717, 1.165) is 30.8 Å². The van der Waals surface area contributed by atoms with Crippen molar-refractivity contribution in [3.05, 3.63) is 35.8 Å². The van der Waals surface area contributed by atoms with Gasteiger partial charge < -0.3 is 10.6 Å². The molecule has 35 heavy (non-hydrogen) atoms. The zero-order valence-corrected chi connectivity index (χ0v) is 21.7. The molecule has 2 amide bonds. The number of nitrogens with one attached hydrogen (secondary N) is 2. The van der Waals surface area contributed by atoms with Gasteiger partial charge in [0, 0.05) is 37.9 Å². The number of amides is 2. The summed E-state index contributed by atoms with van der Waals surface area (Å²) in [6.07, 6.45) is 9.70. The Balaban J connectivity index is 1.23. The van der Waals surface area contributed by atoms with Gasteiger partial charge in [-0.15, -0.1) is 0 Å². The van der Waals surface area contributed by atoms with Crippen LogP contribution < -0.4 is 10.6 Å². The lowest BCUT2D eigenvalue weighted by Crippen LogP contribution is -2.51. The van der Waals surface area contributed by atoms with Gasteiger partial charge in [0.1, 0.15) is 17.0 Å². The average molecular weight is 480 g/mol. The minimum Gasteiger partial charge on any atom is -0.350 e. The molecule has 0 saturated heterocycles. The summed E-state index contributed by atoms with van der Waals surface area (Å²) >= 11 is 0. The van der Waals surface area contributed by atoms with Crippen molar-refractivity contribution in [2.24, 2.45) is 23.2 Å². The van der Waals surface area contributed by atoms with E-state index in [2.05, 4.69) is 48.2 Å². The summed E-state index contributed by atoms with van der Waals surface area (Å²) in [5.74, 6) is 2.31. The van der Waals surface area contributed by atoms with E-state index >= 15 is 0 Å². The van der Waals surface area contributed by atoms with E-state index in [4.69, 9.17) is 0 Å². The molecule has 2 aromatic rings. The standard InChI is InChI=1S/C28H41N5O2/c1-18(2)32(19(3)4)9-8-29-26(34)23-16-33-24(6-5-7-25(33)31-23)27(35)30-17-28-13-20-10-21(14-28)12-22(11-20)15-28/h5-7,16,18-22H,8-15,17H2,1-4H3,(H,29,34)(H,30,35). The summed E-state index contributed by atoms with van der Waals surface area (Å²) in [5.41, 5.74) is 1.78. The predicted octanol–water partition coefficient (Wildman–Crippen LogP) is 4.13. The summed E-state index contributed by atoms with van der Waals surface area (Å²) in [7, 11) is 0. The summed E-state index contributed by atoms with van der Waals surface area (Å²) in [5, 5.41) is 6.25. The molecule has 0 aromatic carbocycles. The van der Waals surface area contributed by atoms with Gasteiger partial charge >= 0.3 is 0 Å². The zero-order valence-electron chi connectivity index (χ0n) is 21.7. The molecule has 4 bridgehead atoms. The Labute approximate surface area is 209 Å². The third-order valence-electron chi connectivity index (χ3n) is 8.73. The molecule has 4 aliphatic carbocycles. The maximum atomic E-state index is 13.2. The van der Waals surface area contributed by atoms with Gasteiger partial charge in [-0.25, -0.2) is 4.98 Å². The summed E-state index contributed by atoms with van der Waals surface area (Å²) in [6.45, 7) is 10.8. The van der Waals surface area contributed by atoms with Gasteiger partial charge in [-0.3, -0.25) is 18.9 Å². The molecule has 190 valence electrons. The molecule has 0 radical (unpaired) electrons. The molecule has 0 atom stereocenters. The smallest absolute Gasteiger partial charge is 0.271 e. The van der Waals surface area contributed by atoms with Crippen molar-refractivity contribution in [3.63, 3.8) is 0 Å². The van der Waals surface area contributed by atoms with E-state index in [-0.39, 0.29) is 17.2 Å². The molecule has 0 unspecified atom stereocenters. The molecule has 2 heterocycles. The molecule has 6 rings (SSSR count). The molecule has 4 saturated carbocycles. The lowest BCUT2D eigenvalue weighted by Gasteiger charge is -2.56. The molecule has 4 fully saturated rings. The minimum absolute atomic E-state index is 0.0831. The number of nitrogens with zero attached hydrogens (tertiary/aromatic N) is 3. The van der Waals surface area contributed by atoms with Gasteiger partial charge in [-0.2, -0.15) is 0 Å². The second-order valence-electron chi connectivity index (χ2n) is 12.0. The Morgan fingerprint density at radius 2 is 1.63 bits per heavy atom. The number of carbonyl (C=O) groups is 2. The van der Waals surface area contributed by atoms with Crippen LogP contribution in [0, 0.1) is 23.2 Å². The first kappa shape index (κ1) is 24.3. The molecule has 0 spiro atoms. The van der Waals surface area contributed by atoms with Crippen LogP contribution in [-0.4, -0.2) is 57.8 Å². The van der Waals surface area contributed by atoms with E-state index in [1.54, 1.807) is 10.6 Å². The van der Waals surface area contributed by atoms with Crippen LogP contribution in [0.4, 0.5) is 0 Å². The summed E-state index contributed by atoms with van der Waals surface area (Å²) in [6, 6.07) is 6.33. The first-order valence-electron chi connectivity index (χ1n) is 13.5. The number of imidazole rings is 1. The van der Waals surface area contributed by atoms with Gasteiger partial charge in [0.05, 0.1) is 0 Å². The Morgan fingerprint density at radius 3 is 2.23 bits per heavy atom. The SMILES string of the molecule is CC(C)N(CCNC(=O)c1cn2c(C(=O)NCC34CC5CC(CC(C5)C3)C4)cccc2n1)C(C)C. The van der Waals surface area contributed by atoms with Gasteiger partial charge in [-0.1, -0.05) is 6.07 Å². The van der Waals surface area contributed by atoms with Crippen molar-refractivity contribution in [2.75, 3.05) is 19.6 Å². The fraction of sp³-hybridized carbons (Fsp3) is 0.679. The van der Waals surface area contributed by atoms with Crippen LogP contribution in [0.3, 0.4) is 0 Å². The lowest BCUT2D eigenvalue weighted by atomic mass is 9.49. The number of fused-ring (bicyclic) bond motifs is 1. The van der Waals surface area contributed by atoms with Crippen molar-refractivity contribution < 1.29 is 9.59 Å². The topological polar surface area (TPSA) is 78.7 Å². The minimum atomic E-state index is -0.207. The number of hydrogen-bond acceptors (Lipinski definition) is 4. The van der Waals surface area contributed by atoms with Gasteiger partial charge in [0.25, 0.3) is 11.8 Å². The second-order valence-corrected chi connectivity index (χ2v) is 12.0. The molecule has 2 aromatic heterocycles. The van der Waals surface area contributed by atoms with Crippen LogP contribution in [0.1, 0.15) is 87.2 Å². The largest absolute Gasteiger partial charge is 0.350 e. The van der Waals surface area contributed by atoms with Crippen LogP contribution in [0.2, 0.25) is 0 Å². The number of aromatic nitrogens is 2. The maximum Gasteiger partial charge on any atom is 0.271 e. The fourth-order valence-corrected chi connectivity index (χ4v) is 7.67. The van der Waals surface area contributed by atoms with Crippen molar-refractivity contribution in [3.8, 4) is 0 Å². The van der Waals surface area contributed by atoms with E-state index in [1.807, 2.05) is 18.2 Å². The van der Waals surface area contributed by atoms with E-state index in [1.165, 1.54) is 38.5 Å². The van der Waals surface area contributed by atoms with Crippen molar-refractivity contribution in [2.45, 2.75) is 78.3 Å². The molecular weight excluding hydrogens is 438 g/mol. The van der Waals surface area contributed by atoms with Crippen LogP contribution in [-0.2, 0) is 0 Å². The monoisotopic (exact) mass is 479 g/mol. The highest BCUT2D eigenvalue weighted by Gasteiger charge is 2.50. The lowest BCUT2D eigenvalue weighted by molar-refractivity contribution is -0.0503. The van der Waals surface area contributed by atoms with E-state index in [0.29, 0.717) is 35.7 Å². The third kappa shape index (κ3) is 4.97. The van der Waals surface area contributed by atoms with Crippen LogP contribution in [0.25, 0.3) is 5.65 Å². The summed E-state index contributed by atoms with van der Waals surface area (Å²) in [4.78, 5) is 32.9. The molecular formula is C28H41N5O2. The highest BCUT2D eigenvalue weighted by Crippen LogP contribution is 2.59. The van der Waals surface area contributed by atoms with Crippen molar-refractivity contribution >= 4 is 17.5 Å². The van der Waals surface area contributed by atoms with Crippen LogP contribution >= 0.6 is 0 Å². The second kappa shape index (κ2) is 9.57. The Bertz CT molecular complexity index is 1040. The number of carbonyl (C=O) groups excluding carboxylic acids is 2. The van der Waals surface area contributed by atoms with Crippen molar-refractivity contribution in [1.82, 2.24) is 24.9 Å². The van der Waals surface area contributed by atoms with Gasteiger partial charge in [0.2, 0.25) is 0 Å². The maximum absolute atomic E-state index is 13.2. The van der Waals surface area contributed by atoms with Crippen LogP contribution in [0.15, 0.2) is 24.4 Å². The molecule has 0 aliphatic heterocycles. The first-order chi connectivity index (χ1) is 16.7. The predicted molar refractivity (Wildman–Crippen MR) is 137 cm³/mol. The summed E-state index contributed by atoms with van der Waals surface area (Å²) < 4.78 is 1.75. The number of hydrogen-bond donors (Lipinski definition) is 2. The highest BCUT2D eigenvalue weighted by atomic mass is 16.2. The fourth-order valence-electron chi connectivity index (χ4n) is 7.67. The first-order valence-corrected chi connectivity index (χ1v) is 13.5. The number of pyridine rings is 1. The third-order valence-corrected chi connectivity index (χ3v) is 8.73. The number of rotatable bonds is 9. The van der Waals surface area contributed by atoms with Gasteiger partial charge in [0.15, 0.2) is 0 Å². The van der Waals surface area contributed by atoms with E-state index < -0.39 is 0 Å². The molecule has 4 aliphatic rings. The van der Waals surface area contributed by atoms with E-state index in [9.17, 15) is 9.59 Å². The average Bonchev–Trinajstić information content (AvgIpc) is 3.23.